The third-order valence-electron chi connectivity index (χ3n) is 2.77. The lowest BCUT2D eigenvalue weighted by molar-refractivity contribution is 0.355. The minimum absolute atomic E-state index is 0.265. The first-order valence-electron chi connectivity index (χ1n) is 5.66. The fourth-order valence-electron chi connectivity index (χ4n) is 1.77. The summed E-state index contributed by atoms with van der Waals surface area (Å²) >= 11 is 9.46. The summed E-state index contributed by atoms with van der Waals surface area (Å²) in [6, 6.07) is 3.42. The maximum Gasteiger partial charge on any atom is 0.265 e. The summed E-state index contributed by atoms with van der Waals surface area (Å²) in [5, 5.41) is 0.330. The van der Waals surface area contributed by atoms with E-state index in [1.807, 2.05) is 0 Å². The molecule has 20 heavy (non-hydrogen) atoms. The van der Waals surface area contributed by atoms with Gasteiger partial charge in [-0.3, -0.25) is 4.79 Å². The van der Waals surface area contributed by atoms with Gasteiger partial charge in [0, 0.05) is 5.56 Å². The summed E-state index contributed by atoms with van der Waals surface area (Å²) < 4.78 is 10.8. The number of H-pyrrole nitrogens is 1. The minimum Gasteiger partial charge on any atom is -0.493 e. The second kappa shape index (κ2) is 5.85. The molecule has 0 saturated carbocycles. The molecule has 0 unspecified atom stereocenters. The van der Waals surface area contributed by atoms with Gasteiger partial charge in [0.2, 0.25) is 0 Å². The maximum absolute atomic E-state index is 11.8. The van der Waals surface area contributed by atoms with Crippen molar-refractivity contribution in [3.8, 4) is 22.9 Å². The number of benzene rings is 1. The van der Waals surface area contributed by atoms with Crippen molar-refractivity contribution in [2.24, 2.45) is 0 Å². The molecule has 5 nitrogen and oxygen atoms in total. The first kappa shape index (κ1) is 14.9. The molecule has 1 heterocycles. The molecule has 1 N–H and O–H groups in total. The molecule has 7 heteroatoms. The van der Waals surface area contributed by atoms with Crippen LogP contribution >= 0.6 is 27.5 Å². The number of nitrogens with zero attached hydrogens (tertiary/aromatic N) is 1. The Balaban J connectivity index is 2.68. The Hall–Kier alpha value is -1.53. The first-order valence-corrected chi connectivity index (χ1v) is 6.84. The molecule has 0 radical (unpaired) electrons. The zero-order valence-corrected chi connectivity index (χ0v) is 13.4. The Labute approximate surface area is 129 Å². The smallest absolute Gasteiger partial charge is 0.265 e. The number of aromatic nitrogens is 2. The van der Waals surface area contributed by atoms with Gasteiger partial charge in [0.25, 0.3) is 5.56 Å². The quantitative estimate of drug-likeness (QED) is 0.914. The van der Waals surface area contributed by atoms with E-state index in [0.717, 1.165) is 0 Å². The van der Waals surface area contributed by atoms with E-state index in [-0.39, 0.29) is 5.56 Å². The number of hydrogen-bond donors (Lipinski definition) is 1. The molecule has 0 fully saturated rings. The molecule has 2 aromatic rings. The van der Waals surface area contributed by atoms with Gasteiger partial charge in [-0.1, -0.05) is 11.6 Å². The number of methoxy groups -OCH3 is 2. The number of nitrogens with one attached hydrogen (secondary N) is 1. The van der Waals surface area contributed by atoms with Crippen LogP contribution in [0.15, 0.2) is 21.4 Å². The van der Waals surface area contributed by atoms with E-state index in [4.69, 9.17) is 21.1 Å². The molecular weight excluding hydrogens is 348 g/mol. The molecule has 0 saturated heterocycles. The van der Waals surface area contributed by atoms with Gasteiger partial charge in [-0.25, -0.2) is 4.98 Å². The van der Waals surface area contributed by atoms with Gasteiger partial charge < -0.3 is 14.5 Å². The van der Waals surface area contributed by atoms with Crippen molar-refractivity contribution in [1.29, 1.82) is 0 Å². The van der Waals surface area contributed by atoms with Gasteiger partial charge in [-0.15, -0.1) is 0 Å². The predicted molar refractivity (Wildman–Crippen MR) is 80.8 cm³/mol. The first-order chi connectivity index (χ1) is 9.49. The number of rotatable bonds is 3. The normalized spacial score (nSPS) is 10.4. The molecule has 0 spiro atoms. The van der Waals surface area contributed by atoms with E-state index >= 15 is 0 Å². The third kappa shape index (κ3) is 2.53. The van der Waals surface area contributed by atoms with Crippen molar-refractivity contribution in [3.63, 3.8) is 0 Å². The van der Waals surface area contributed by atoms with E-state index in [2.05, 4.69) is 25.9 Å². The summed E-state index contributed by atoms with van der Waals surface area (Å²) in [4.78, 5) is 18.8. The molecule has 2 rings (SSSR count). The van der Waals surface area contributed by atoms with Gasteiger partial charge in [0.05, 0.1) is 24.9 Å². The van der Waals surface area contributed by atoms with Crippen molar-refractivity contribution in [1.82, 2.24) is 9.97 Å². The van der Waals surface area contributed by atoms with Crippen LogP contribution in [0.2, 0.25) is 5.02 Å². The molecule has 0 bridgehead atoms. The molecule has 106 valence electrons. The van der Waals surface area contributed by atoms with E-state index in [1.54, 1.807) is 19.1 Å². The van der Waals surface area contributed by atoms with Crippen LogP contribution in [-0.2, 0) is 0 Å². The molecule has 0 amide bonds. The highest BCUT2D eigenvalue weighted by molar-refractivity contribution is 9.10. The lowest BCUT2D eigenvalue weighted by Gasteiger charge is -2.12. The third-order valence-corrected chi connectivity index (χ3v) is 4.08. The molecule has 0 atom stereocenters. The summed E-state index contributed by atoms with van der Waals surface area (Å²) in [5.74, 6) is 1.29. The topological polar surface area (TPSA) is 64.2 Å². The van der Waals surface area contributed by atoms with Gasteiger partial charge in [-0.05, 0) is 35.0 Å². The van der Waals surface area contributed by atoms with E-state index in [9.17, 15) is 4.79 Å². The number of aryl methyl sites for hydroxylation is 1. The van der Waals surface area contributed by atoms with Crippen LogP contribution in [0.4, 0.5) is 0 Å². The predicted octanol–water partition coefficient (Wildman–Crippen LogP) is 3.18. The number of halogens is 2. The zero-order chi connectivity index (χ0) is 14.9. The molecule has 0 aliphatic heterocycles. The molecule has 1 aromatic carbocycles. The van der Waals surface area contributed by atoms with Crippen molar-refractivity contribution >= 4 is 27.5 Å². The minimum atomic E-state index is -0.265. The second-order valence-corrected chi connectivity index (χ2v) is 5.15. The summed E-state index contributed by atoms with van der Waals surface area (Å²) in [6.07, 6.45) is 0. The van der Waals surface area contributed by atoms with Crippen LogP contribution in [0.3, 0.4) is 0 Å². The lowest BCUT2D eigenvalue weighted by Crippen LogP contribution is -2.12. The number of aromatic amines is 1. The van der Waals surface area contributed by atoms with Gasteiger partial charge in [0.1, 0.15) is 10.3 Å². The molecular formula is C13H12BrClN2O3. The van der Waals surface area contributed by atoms with E-state index in [0.29, 0.717) is 38.1 Å². The van der Waals surface area contributed by atoms with Crippen molar-refractivity contribution in [2.45, 2.75) is 6.92 Å². The Morgan fingerprint density at radius 2 is 2.00 bits per heavy atom. The Morgan fingerprint density at radius 3 is 2.55 bits per heavy atom. The largest absolute Gasteiger partial charge is 0.493 e. The molecule has 0 aliphatic rings. The SMILES string of the molecule is COc1ccc(-c2nc(C)c(Br)c(=O)[nH]2)c(Cl)c1OC. The lowest BCUT2D eigenvalue weighted by atomic mass is 10.1. The van der Waals surface area contributed by atoms with E-state index in [1.165, 1.54) is 14.2 Å². The van der Waals surface area contributed by atoms with Crippen LogP contribution in [0.1, 0.15) is 5.69 Å². The maximum atomic E-state index is 11.8. The highest BCUT2D eigenvalue weighted by Crippen LogP contribution is 2.40. The van der Waals surface area contributed by atoms with E-state index < -0.39 is 0 Å². The highest BCUT2D eigenvalue weighted by atomic mass is 79.9. The van der Waals surface area contributed by atoms with Gasteiger partial charge >= 0.3 is 0 Å². The average molecular weight is 360 g/mol. The highest BCUT2D eigenvalue weighted by Gasteiger charge is 2.17. The molecule has 1 aromatic heterocycles. The van der Waals surface area contributed by atoms with Gasteiger partial charge in [0.15, 0.2) is 11.5 Å². The van der Waals surface area contributed by atoms with Crippen LogP contribution in [-0.4, -0.2) is 24.2 Å². The van der Waals surface area contributed by atoms with Crippen molar-refractivity contribution in [3.05, 3.63) is 37.7 Å². The summed E-state index contributed by atoms with van der Waals surface area (Å²) in [6.45, 7) is 1.73. The number of ether oxygens (including phenoxy) is 2. The second-order valence-electron chi connectivity index (χ2n) is 3.98. The number of hydrogen-bond acceptors (Lipinski definition) is 4. The summed E-state index contributed by atoms with van der Waals surface area (Å²) in [5.41, 5.74) is 0.880. The fraction of sp³-hybridized carbons (Fsp3) is 0.231. The van der Waals surface area contributed by atoms with Crippen LogP contribution in [0.25, 0.3) is 11.4 Å². The van der Waals surface area contributed by atoms with Crippen LogP contribution in [0, 0.1) is 6.92 Å². The zero-order valence-electron chi connectivity index (χ0n) is 11.1. The van der Waals surface area contributed by atoms with Crippen molar-refractivity contribution < 1.29 is 9.47 Å². The van der Waals surface area contributed by atoms with Crippen LogP contribution < -0.4 is 15.0 Å². The Morgan fingerprint density at radius 1 is 1.30 bits per heavy atom. The fourth-order valence-corrected chi connectivity index (χ4v) is 2.28. The average Bonchev–Trinajstić information content (AvgIpc) is 2.43. The molecule has 0 aliphatic carbocycles. The standard InChI is InChI=1S/C13H12BrClN2O3/c1-6-9(14)13(18)17-12(16-6)7-4-5-8(19-2)11(20-3)10(7)15/h4-5H,1-3H3,(H,16,17,18). The summed E-state index contributed by atoms with van der Waals surface area (Å²) in [7, 11) is 3.02. The van der Waals surface area contributed by atoms with Crippen LogP contribution in [0.5, 0.6) is 11.5 Å². The Bertz CT molecular complexity index is 715. The monoisotopic (exact) mass is 358 g/mol. The van der Waals surface area contributed by atoms with Crippen molar-refractivity contribution in [2.75, 3.05) is 14.2 Å². The van der Waals surface area contributed by atoms with Gasteiger partial charge in [-0.2, -0.15) is 0 Å². The Kier molecular flexibility index (Phi) is 4.35.